The molecule has 1 N–H and O–H groups in total. The van der Waals surface area contributed by atoms with Crippen LogP contribution in [0.5, 0.6) is 0 Å². The molecule has 0 saturated heterocycles. The highest BCUT2D eigenvalue weighted by atomic mass is 16.5. The first-order valence-electron chi connectivity index (χ1n) is 5.53. The van der Waals surface area contributed by atoms with Crippen molar-refractivity contribution in [2.45, 2.75) is 38.7 Å². The van der Waals surface area contributed by atoms with Crippen LogP contribution in [0.3, 0.4) is 0 Å². The van der Waals surface area contributed by atoms with Crippen LogP contribution in [0.15, 0.2) is 12.2 Å². The Balaban J connectivity index is 3.72. The summed E-state index contributed by atoms with van der Waals surface area (Å²) in [6, 6.07) is 0. The fourth-order valence-corrected chi connectivity index (χ4v) is 1.38. The van der Waals surface area contributed by atoms with Gasteiger partial charge in [0.2, 0.25) is 0 Å². The highest BCUT2D eigenvalue weighted by Gasteiger charge is 2.22. The summed E-state index contributed by atoms with van der Waals surface area (Å²) in [7, 11) is 1.64. The first-order chi connectivity index (χ1) is 7.08. The second-order valence-electron chi connectivity index (χ2n) is 3.90. The second-order valence-corrected chi connectivity index (χ2v) is 3.90. The van der Waals surface area contributed by atoms with Gasteiger partial charge in [-0.3, -0.25) is 0 Å². The zero-order chi connectivity index (χ0) is 11.7. The molecule has 0 aromatic carbocycles. The Morgan fingerprint density at radius 1 is 1.27 bits per heavy atom. The van der Waals surface area contributed by atoms with Crippen LogP contribution in [-0.2, 0) is 9.47 Å². The van der Waals surface area contributed by atoms with E-state index in [0.717, 1.165) is 18.4 Å². The third kappa shape index (κ3) is 6.66. The van der Waals surface area contributed by atoms with E-state index in [-0.39, 0.29) is 0 Å². The zero-order valence-electron chi connectivity index (χ0n) is 10.2. The molecule has 0 rings (SSSR count). The third-order valence-electron chi connectivity index (χ3n) is 2.63. The van der Waals surface area contributed by atoms with Gasteiger partial charge < -0.3 is 14.6 Å². The molecule has 0 aliphatic rings. The van der Waals surface area contributed by atoms with E-state index in [2.05, 4.69) is 6.58 Å². The fraction of sp³-hybridized carbons (Fsp3) is 0.833. The third-order valence-corrected chi connectivity index (χ3v) is 2.63. The van der Waals surface area contributed by atoms with Crippen molar-refractivity contribution in [2.24, 2.45) is 0 Å². The van der Waals surface area contributed by atoms with Crippen molar-refractivity contribution in [1.82, 2.24) is 0 Å². The van der Waals surface area contributed by atoms with E-state index in [1.807, 2.05) is 13.8 Å². The topological polar surface area (TPSA) is 38.7 Å². The highest BCUT2D eigenvalue weighted by molar-refractivity contribution is 5.01. The number of ether oxygens (including phenoxy) is 2. The summed E-state index contributed by atoms with van der Waals surface area (Å²) < 4.78 is 10.2. The summed E-state index contributed by atoms with van der Waals surface area (Å²) in [5.41, 5.74) is 0.333. The lowest BCUT2D eigenvalue weighted by Gasteiger charge is -2.26. The highest BCUT2D eigenvalue weighted by Crippen LogP contribution is 2.23. The quantitative estimate of drug-likeness (QED) is 0.474. The van der Waals surface area contributed by atoms with E-state index in [0.29, 0.717) is 26.2 Å². The van der Waals surface area contributed by atoms with Gasteiger partial charge in [-0.1, -0.05) is 20.4 Å². The number of methoxy groups -OCH3 is 1. The van der Waals surface area contributed by atoms with E-state index < -0.39 is 5.60 Å². The molecule has 15 heavy (non-hydrogen) atoms. The van der Waals surface area contributed by atoms with Crippen molar-refractivity contribution < 1.29 is 14.6 Å². The smallest absolute Gasteiger partial charge is 0.0704 e. The molecule has 0 bridgehead atoms. The van der Waals surface area contributed by atoms with E-state index in [1.54, 1.807) is 7.11 Å². The molecule has 0 unspecified atom stereocenters. The fourth-order valence-electron chi connectivity index (χ4n) is 1.38. The van der Waals surface area contributed by atoms with Gasteiger partial charge in [0.05, 0.1) is 25.4 Å². The summed E-state index contributed by atoms with van der Waals surface area (Å²) in [6.07, 6.45) is 2.12. The van der Waals surface area contributed by atoms with Gasteiger partial charge in [-0.05, 0) is 24.8 Å². The van der Waals surface area contributed by atoms with Crippen LogP contribution in [0.1, 0.15) is 33.1 Å². The maximum Gasteiger partial charge on any atom is 0.0704 e. The Kier molecular flexibility index (Phi) is 7.65. The van der Waals surface area contributed by atoms with E-state index in [1.165, 1.54) is 0 Å². The molecular weight excluding hydrogens is 192 g/mol. The second kappa shape index (κ2) is 7.85. The van der Waals surface area contributed by atoms with Crippen molar-refractivity contribution in [2.75, 3.05) is 26.9 Å². The Morgan fingerprint density at radius 3 is 2.33 bits per heavy atom. The number of rotatable bonds is 9. The van der Waals surface area contributed by atoms with Crippen molar-refractivity contribution in [3.05, 3.63) is 12.2 Å². The van der Waals surface area contributed by atoms with E-state index in [9.17, 15) is 5.11 Å². The summed E-state index contributed by atoms with van der Waals surface area (Å²) in [6.45, 7) is 9.56. The van der Waals surface area contributed by atoms with E-state index >= 15 is 0 Å². The average molecular weight is 216 g/mol. The summed E-state index contributed by atoms with van der Waals surface area (Å²) >= 11 is 0. The molecular formula is C12H24O3. The van der Waals surface area contributed by atoms with Crippen LogP contribution in [0, 0.1) is 0 Å². The largest absolute Gasteiger partial charge is 0.390 e. The maximum absolute atomic E-state index is 10.1. The Labute approximate surface area is 93.1 Å². The molecule has 0 atom stereocenters. The van der Waals surface area contributed by atoms with Crippen LogP contribution in [0.25, 0.3) is 0 Å². The SMILES string of the molecule is C=C(COCCOC)CC(O)(CC)CC. The van der Waals surface area contributed by atoms with Gasteiger partial charge in [0.15, 0.2) is 0 Å². The van der Waals surface area contributed by atoms with Crippen LogP contribution in [0.2, 0.25) is 0 Å². The molecule has 0 saturated carbocycles. The lowest BCUT2D eigenvalue weighted by molar-refractivity contribution is 0.0255. The van der Waals surface area contributed by atoms with Gasteiger partial charge in [-0.15, -0.1) is 0 Å². The normalized spacial score (nSPS) is 11.7. The minimum absolute atomic E-state index is 0.506. The van der Waals surface area contributed by atoms with Crippen molar-refractivity contribution in [3.8, 4) is 0 Å². The Bertz CT molecular complexity index is 174. The minimum atomic E-state index is -0.609. The monoisotopic (exact) mass is 216 g/mol. The molecule has 90 valence electrons. The predicted octanol–water partition coefficient (Wildman–Crippen LogP) is 2.15. The van der Waals surface area contributed by atoms with Crippen LogP contribution >= 0.6 is 0 Å². The van der Waals surface area contributed by atoms with Crippen LogP contribution in [-0.4, -0.2) is 37.6 Å². The predicted molar refractivity (Wildman–Crippen MR) is 62.0 cm³/mol. The van der Waals surface area contributed by atoms with Gasteiger partial charge in [0.25, 0.3) is 0 Å². The van der Waals surface area contributed by atoms with Gasteiger partial charge >= 0.3 is 0 Å². The Hall–Kier alpha value is -0.380. The lowest BCUT2D eigenvalue weighted by Crippen LogP contribution is -2.27. The Morgan fingerprint density at radius 2 is 1.87 bits per heavy atom. The molecule has 0 aromatic rings. The number of aliphatic hydroxyl groups is 1. The molecule has 0 spiro atoms. The molecule has 0 fully saturated rings. The van der Waals surface area contributed by atoms with Crippen molar-refractivity contribution in [1.29, 1.82) is 0 Å². The molecule has 0 radical (unpaired) electrons. The number of hydrogen-bond acceptors (Lipinski definition) is 3. The van der Waals surface area contributed by atoms with Crippen LogP contribution < -0.4 is 0 Å². The van der Waals surface area contributed by atoms with Crippen molar-refractivity contribution in [3.63, 3.8) is 0 Å². The molecule has 0 aliphatic carbocycles. The average Bonchev–Trinajstić information content (AvgIpc) is 2.24. The first kappa shape index (κ1) is 14.6. The molecule has 3 heteroatoms. The number of hydrogen-bond donors (Lipinski definition) is 1. The molecule has 0 aliphatic heterocycles. The van der Waals surface area contributed by atoms with Crippen LogP contribution in [0.4, 0.5) is 0 Å². The van der Waals surface area contributed by atoms with Crippen molar-refractivity contribution >= 4 is 0 Å². The summed E-state index contributed by atoms with van der Waals surface area (Å²) in [4.78, 5) is 0. The summed E-state index contributed by atoms with van der Waals surface area (Å²) in [5, 5.41) is 10.1. The van der Waals surface area contributed by atoms with Gasteiger partial charge in [-0.25, -0.2) is 0 Å². The molecule has 0 heterocycles. The maximum atomic E-state index is 10.1. The standard InChI is InChI=1S/C12H24O3/c1-5-12(13,6-2)9-11(3)10-15-8-7-14-4/h13H,3,5-10H2,1-2,4H3. The van der Waals surface area contributed by atoms with Gasteiger partial charge in [0, 0.05) is 7.11 Å². The summed E-state index contributed by atoms with van der Waals surface area (Å²) in [5.74, 6) is 0. The molecule has 3 nitrogen and oxygen atoms in total. The molecule has 0 amide bonds. The van der Waals surface area contributed by atoms with E-state index in [4.69, 9.17) is 9.47 Å². The van der Waals surface area contributed by atoms with Gasteiger partial charge in [0.1, 0.15) is 0 Å². The lowest BCUT2D eigenvalue weighted by atomic mass is 9.90. The zero-order valence-corrected chi connectivity index (χ0v) is 10.2. The van der Waals surface area contributed by atoms with Gasteiger partial charge in [-0.2, -0.15) is 0 Å². The molecule has 0 aromatic heterocycles. The first-order valence-corrected chi connectivity index (χ1v) is 5.53. The minimum Gasteiger partial charge on any atom is -0.390 e.